The van der Waals surface area contributed by atoms with Crippen LogP contribution in [-0.4, -0.2) is 106 Å². The zero-order valence-electron chi connectivity index (χ0n) is 71.9. The van der Waals surface area contributed by atoms with Crippen molar-refractivity contribution in [2.45, 2.75) is 201 Å². The van der Waals surface area contributed by atoms with Crippen molar-refractivity contribution in [2.75, 3.05) is 0 Å². The summed E-state index contributed by atoms with van der Waals surface area (Å²) in [7, 11) is 1.46. The summed E-state index contributed by atoms with van der Waals surface area (Å²) in [6, 6.07) is 13.4. The first-order valence-electron chi connectivity index (χ1n) is 41.0. The van der Waals surface area contributed by atoms with E-state index < -0.39 is 56.7 Å². The summed E-state index contributed by atoms with van der Waals surface area (Å²) in [4.78, 5) is 264. The molecule has 638 valence electrons. The number of aromatic amines is 5. The van der Waals surface area contributed by atoms with Crippen LogP contribution in [0.4, 0.5) is 0 Å². The van der Waals surface area contributed by atoms with Crippen LogP contribution in [0.5, 0.6) is 0 Å². The summed E-state index contributed by atoms with van der Waals surface area (Å²) in [5, 5.41) is 0. The molecule has 0 aromatic carbocycles. The third-order valence-electron chi connectivity index (χ3n) is 22.4. The normalized spacial score (nSPS) is 13.1. The van der Waals surface area contributed by atoms with Crippen molar-refractivity contribution in [3.05, 3.63) is 332 Å². The summed E-state index contributed by atoms with van der Waals surface area (Å²) < 4.78 is 6.61. The Morgan fingerprint density at radius 1 is 0.285 bits per heavy atom. The molecule has 0 radical (unpaired) electrons. The van der Waals surface area contributed by atoms with Gasteiger partial charge in [0.1, 0.15) is 56.9 Å². The Balaban J connectivity index is 0.000000150. The van der Waals surface area contributed by atoms with E-state index in [1.54, 1.807) is 55.4 Å². The lowest BCUT2D eigenvalue weighted by Gasteiger charge is -2.25. The first-order valence-corrected chi connectivity index (χ1v) is 41.0. The van der Waals surface area contributed by atoms with Crippen molar-refractivity contribution in [1.29, 1.82) is 0 Å². The van der Waals surface area contributed by atoms with Gasteiger partial charge in [0.05, 0.1) is 55.6 Å². The average molecular weight is 1670 g/mol. The van der Waals surface area contributed by atoms with Crippen molar-refractivity contribution in [2.24, 2.45) is 18.9 Å². The fourth-order valence-electron chi connectivity index (χ4n) is 16.7. The van der Waals surface area contributed by atoms with Crippen molar-refractivity contribution >= 4 is 57.8 Å². The Kier molecular flexibility index (Phi) is 26.0. The van der Waals surface area contributed by atoms with Gasteiger partial charge in [-0.3, -0.25) is 95.9 Å². The Bertz CT molecular complexity index is 6990. The predicted octanol–water partition coefficient (Wildman–Crippen LogP) is 9.06. The first kappa shape index (κ1) is 90.0. The van der Waals surface area contributed by atoms with Gasteiger partial charge in [-0.15, -0.1) is 0 Å². The number of ketones is 10. The van der Waals surface area contributed by atoms with Crippen LogP contribution in [0.1, 0.15) is 330 Å². The van der Waals surface area contributed by atoms with E-state index in [2.05, 4.69) is 24.9 Å². The molecule has 0 saturated heterocycles. The number of aromatic nitrogens is 10. The first-order chi connectivity index (χ1) is 58.0. The zero-order valence-corrected chi connectivity index (χ0v) is 71.9. The number of rotatable bonds is 15. The van der Waals surface area contributed by atoms with E-state index in [0.29, 0.717) is 119 Å². The number of hydrogen-bond donors (Lipinski definition) is 5. The minimum absolute atomic E-state index is 0.0184. The molecular weight excluding hydrogens is 1580 g/mol. The smallest absolute Gasteiger partial charge is 0.251 e. The van der Waals surface area contributed by atoms with E-state index in [9.17, 15) is 95.9 Å². The van der Waals surface area contributed by atoms with E-state index >= 15 is 0 Å². The Labute approximate surface area is 702 Å². The summed E-state index contributed by atoms with van der Waals surface area (Å²) in [5.41, 5.74) is 4.22. The van der Waals surface area contributed by atoms with E-state index in [1.807, 2.05) is 62.3 Å². The van der Waals surface area contributed by atoms with Crippen molar-refractivity contribution in [3.63, 3.8) is 0 Å². The molecule has 0 bridgehead atoms. The molecule has 10 aromatic rings. The molecule has 0 spiro atoms. The molecule has 5 aliphatic carbocycles. The minimum Gasteiger partial charge on any atom is -0.318 e. The lowest BCUT2D eigenvalue weighted by atomic mass is 9.83. The molecule has 0 fully saturated rings. The number of carbonyl (C=O) groups excluding carboxylic acids is 10. The Hall–Kier alpha value is -13.8. The van der Waals surface area contributed by atoms with Gasteiger partial charge in [-0.1, -0.05) is 81.6 Å². The highest BCUT2D eigenvalue weighted by Gasteiger charge is 2.43. The van der Waals surface area contributed by atoms with Crippen LogP contribution in [0.2, 0.25) is 0 Å². The van der Waals surface area contributed by atoms with Gasteiger partial charge in [0.15, 0.2) is 28.9 Å². The van der Waals surface area contributed by atoms with E-state index in [4.69, 9.17) is 0 Å². The number of fused-ring (bicyclic) bond motifs is 10. The van der Waals surface area contributed by atoms with Gasteiger partial charge in [-0.05, 0) is 161 Å². The summed E-state index contributed by atoms with van der Waals surface area (Å²) in [6.45, 7) is 31.9. The average Bonchev–Trinajstić information content (AvgIpc) is 0.744. The zero-order chi connectivity index (χ0) is 90.6. The number of pyridine rings is 10. The van der Waals surface area contributed by atoms with Gasteiger partial charge in [0.2, 0.25) is 56.7 Å². The number of nitrogens with zero attached hydrogens (tertiary/aromatic N) is 5. The number of nitrogens with one attached hydrogen (secondary N) is 5. The third kappa shape index (κ3) is 16.3. The second kappa shape index (κ2) is 35.5. The largest absolute Gasteiger partial charge is 0.318 e. The van der Waals surface area contributed by atoms with Gasteiger partial charge in [0, 0.05) is 93.4 Å². The summed E-state index contributed by atoms with van der Waals surface area (Å²) >= 11 is 0. The maximum atomic E-state index is 13.5. The van der Waals surface area contributed by atoms with Crippen molar-refractivity contribution in [3.8, 4) is 0 Å². The van der Waals surface area contributed by atoms with E-state index in [0.717, 1.165) is 25.7 Å². The third-order valence-corrected chi connectivity index (χ3v) is 22.4. The molecule has 30 nitrogen and oxygen atoms in total. The summed E-state index contributed by atoms with van der Waals surface area (Å²) in [5.74, 6) is -3.49. The quantitative estimate of drug-likeness (QED) is 0.0638. The molecule has 30 heteroatoms. The molecule has 0 aliphatic heterocycles. The second-order valence-corrected chi connectivity index (χ2v) is 32.5. The molecule has 0 amide bonds. The second-order valence-electron chi connectivity index (χ2n) is 32.5. The molecule has 0 atom stereocenters. The number of aryl methyl sites for hydroxylation is 10. The van der Waals surface area contributed by atoms with Crippen LogP contribution >= 0.6 is 0 Å². The predicted molar refractivity (Wildman–Crippen MR) is 459 cm³/mol. The lowest BCUT2D eigenvalue weighted by molar-refractivity contribution is 0.0964. The topological polar surface area (TPSA) is 445 Å². The van der Waals surface area contributed by atoms with Crippen LogP contribution < -0.4 is 55.6 Å². The van der Waals surface area contributed by atoms with Crippen LogP contribution in [0, 0.1) is 53.4 Å². The van der Waals surface area contributed by atoms with Gasteiger partial charge in [-0.25, -0.2) is 0 Å². The summed E-state index contributed by atoms with van der Waals surface area (Å²) in [6.07, 6.45) is 5.81. The highest BCUT2D eigenvalue weighted by Crippen LogP contribution is 2.36. The van der Waals surface area contributed by atoms with Gasteiger partial charge in [-0.2, -0.15) is 0 Å². The van der Waals surface area contributed by atoms with Gasteiger partial charge >= 0.3 is 0 Å². The monoisotopic (exact) mass is 1670 g/mol. The van der Waals surface area contributed by atoms with Crippen LogP contribution in [-0.2, 0) is 52.4 Å². The fourth-order valence-corrected chi connectivity index (χ4v) is 16.7. The van der Waals surface area contributed by atoms with Gasteiger partial charge < -0.3 is 47.8 Å². The number of carbonyl (C=O) groups is 10. The van der Waals surface area contributed by atoms with Crippen LogP contribution in [0.25, 0.3) is 0 Å². The highest BCUT2D eigenvalue weighted by molar-refractivity contribution is 6.31. The molecule has 10 heterocycles. The molecule has 0 unspecified atom stereocenters. The molecule has 5 N–H and O–H groups in total. The molecular formula is C93H96N10O20. The minimum atomic E-state index is -0.495. The number of unbranched alkanes of at least 4 members (excludes halogenated alkanes) is 1. The number of H-pyrrole nitrogens is 5. The Morgan fingerprint density at radius 2 is 0.593 bits per heavy atom. The molecule has 5 aliphatic rings. The van der Waals surface area contributed by atoms with Crippen LogP contribution in [0.15, 0.2) is 109 Å². The maximum absolute atomic E-state index is 13.5. The molecule has 15 rings (SSSR count). The van der Waals surface area contributed by atoms with E-state index in [-0.39, 0.29) is 176 Å². The molecule has 0 saturated carbocycles. The van der Waals surface area contributed by atoms with Gasteiger partial charge in [0.25, 0.3) is 27.8 Å². The lowest BCUT2D eigenvalue weighted by Crippen LogP contribution is -2.36. The fraction of sp³-hybridized carbons (Fsp3) is 0.355. The van der Waals surface area contributed by atoms with E-state index in [1.165, 1.54) is 90.5 Å². The Morgan fingerprint density at radius 3 is 1.01 bits per heavy atom. The SMILES string of the molecule is CCCCn1c2c(c(CCC)cc1=O)C(=O)c1c(CCC)cc(=O)[nH]c1C2=O.CCc1cc(=O)[nH]c2c1C(=O)c1c(CC)cc(=O)n(C)c1C2=O.Cc1cc(=O)[nH]c2c1C(=O)c1c(C)cc(=O)n(C(C)C)c1C2=O.Cc1cc(=O)[nH]c2c1C(=O)c1c(C)cc(=O)n(CC(C)C)c1C2=O.Cc1cc(=O)[nH]c2c1C(=O)c1c(C)cc(=O)n(CCC(C)C)c1C2=O. The van der Waals surface area contributed by atoms with Crippen LogP contribution in [0.3, 0.4) is 0 Å². The maximum Gasteiger partial charge on any atom is 0.251 e. The van der Waals surface area contributed by atoms with Crippen molar-refractivity contribution < 1.29 is 47.9 Å². The standard InChI is InChI=1S/C22H26N2O4.C19H20N2O4.C18H18N2O4.2C17H16N2O4/c1-4-7-10-24-16(26)12-14(9-6-3)18-20(24)22(28)19-17(21(18)27)13(8-5-2)11-15(25)23-19;1-9(2)5-6-21-13(23)8-11(4)15-17(21)19(25)16-14(18(15)24)10(3)7-12(22)20-16;1-8(2)7-20-12(22)6-10(4)14-16(20)18(24)15-13(17(14)23)9(3)5-11(21)19-15;1-7(2)19-11(21)6-9(4)13-15(19)17(23)14-12(16(13)22)8(3)5-10(20)18-14;1-4-8-6-10(20)18-14-12(8)16(22)13-9(5-2)7-11(21)19(3)15(13)17(14)23/h11-12H,4-10H2,1-3H3,(H,23,25);7-9H,5-6H2,1-4H3,(H,20,22);5-6,8H,7H2,1-4H3,(H,19,21);5-7H,1-4H3,(H,18,20);6-7H,4-5H2,1-3H3,(H,18,20). The molecule has 10 aromatic heterocycles. The van der Waals surface area contributed by atoms with Crippen molar-refractivity contribution in [1.82, 2.24) is 47.8 Å². The number of hydrogen-bond acceptors (Lipinski definition) is 20. The molecule has 123 heavy (non-hydrogen) atoms. The highest BCUT2D eigenvalue weighted by atomic mass is 16.2.